The summed E-state index contributed by atoms with van der Waals surface area (Å²) in [5.74, 6) is 0.518. The van der Waals surface area contributed by atoms with Gasteiger partial charge in [0, 0.05) is 11.3 Å². The van der Waals surface area contributed by atoms with Crippen LogP contribution in [0.5, 0.6) is 0 Å². The van der Waals surface area contributed by atoms with Gasteiger partial charge < -0.3 is 11.1 Å². The zero-order chi connectivity index (χ0) is 16.3. The molecule has 0 saturated carbocycles. The van der Waals surface area contributed by atoms with Crippen LogP contribution in [-0.4, -0.2) is 11.8 Å². The van der Waals surface area contributed by atoms with Gasteiger partial charge in [-0.1, -0.05) is 33.6 Å². The van der Waals surface area contributed by atoms with Gasteiger partial charge in [-0.25, -0.2) is 0 Å². The molecule has 0 unspecified atom stereocenters. The minimum atomic E-state index is -0.425. The number of carbonyl (C=O) groups is 2. The van der Waals surface area contributed by atoms with E-state index in [2.05, 4.69) is 12.2 Å². The number of rotatable bonds is 6. The first-order valence-electron chi connectivity index (χ1n) is 8.16. The molecule has 0 aromatic carbocycles. The van der Waals surface area contributed by atoms with Gasteiger partial charge in [0.25, 0.3) is 5.91 Å². The minimum Gasteiger partial charge on any atom is -0.365 e. The molecule has 0 aliphatic heterocycles. The van der Waals surface area contributed by atoms with Gasteiger partial charge in [0.15, 0.2) is 0 Å². The predicted molar refractivity (Wildman–Crippen MR) is 91.3 cm³/mol. The Labute approximate surface area is 136 Å². The van der Waals surface area contributed by atoms with Crippen LogP contribution in [0, 0.1) is 11.8 Å². The second-order valence-corrected chi connectivity index (χ2v) is 7.72. The monoisotopic (exact) mass is 322 g/mol. The molecule has 0 bridgehead atoms. The molecule has 0 radical (unpaired) electrons. The van der Waals surface area contributed by atoms with Crippen molar-refractivity contribution in [2.45, 2.75) is 59.3 Å². The maximum atomic E-state index is 12.0. The second kappa shape index (κ2) is 7.27. The Balaban J connectivity index is 2.24. The van der Waals surface area contributed by atoms with Gasteiger partial charge in [-0.2, -0.15) is 0 Å². The van der Waals surface area contributed by atoms with E-state index in [1.54, 1.807) is 11.3 Å². The molecule has 4 nitrogen and oxygen atoms in total. The molecule has 1 aliphatic carbocycles. The number of hydrogen-bond acceptors (Lipinski definition) is 3. The number of nitrogens with one attached hydrogen (secondary N) is 1. The highest BCUT2D eigenvalue weighted by molar-refractivity contribution is 7.17. The molecule has 0 spiro atoms. The van der Waals surface area contributed by atoms with E-state index in [1.807, 2.05) is 13.8 Å². The standard InChI is InChI=1S/C17H26N2O2S/c1-4-5-11-6-7-12-13(9-11)22-17(15(12)16(18)21)19-14(20)8-10(2)3/h10-11H,4-9H2,1-3H3,(H2,18,21)(H,19,20)/t11-/m1/s1. The molecule has 0 fully saturated rings. The second-order valence-electron chi connectivity index (χ2n) is 6.62. The van der Waals surface area contributed by atoms with Gasteiger partial charge in [0.1, 0.15) is 5.00 Å². The highest BCUT2D eigenvalue weighted by atomic mass is 32.1. The van der Waals surface area contributed by atoms with Crippen LogP contribution in [0.2, 0.25) is 0 Å². The van der Waals surface area contributed by atoms with E-state index < -0.39 is 5.91 Å². The zero-order valence-corrected chi connectivity index (χ0v) is 14.5. The fraction of sp³-hybridized carbons (Fsp3) is 0.647. The lowest BCUT2D eigenvalue weighted by Crippen LogP contribution is -2.20. The van der Waals surface area contributed by atoms with Crippen LogP contribution in [0.3, 0.4) is 0 Å². The summed E-state index contributed by atoms with van der Waals surface area (Å²) in [4.78, 5) is 25.1. The maximum absolute atomic E-state index is 12.0. The van der Waals surface area contributed by atoms with Crippen molar-refractivity contribution in [1.82, 2.24) is 0 Å². The smallest absolute Gasteiger partial charge is 0.251 e. The molecular weight excluding hydrogens is 296 g/mol. The fourth-order valence-corrected chi connectivity index (χ4v) is 4.59. The number of primary amides is 1. The Hall–Kier alpha value is -1.36. The summed E-state index contributed by atoms with van der Waals surface area (Å²) in [5.41, 5.74) is 7.19. The van der Waals surface area contributed by atoms with Crippen molar-refractivity contribution in [3.05, 3.63) is 16.0 Å². The van der Waals surface area contributed by atoms with Crippen LogP contribution in [0.1, 0.15) is 67.3 Å². The zero-order valence-electron chi connectivity index (χ0n) is 13.7. The van der Waals surface area contributed by atoms with Gasteiger partial charge in [0.05, 0.1) is 5.56 Å². The Morgan fingerprint density at radius 3 is 2.73 bits per heavy atom. The molecule has 1 atom stereocenters. The topological polar surface area (TPSA) is 72.2 Å². The number of fused-ring (bicyclic) bond motifs is 1. The molecule has 1 aliphatic rings. The molecule has 2 rings (SSSR count). The van der Waals surface area contributed by atoms with Crippen LogP contribution in [0.15, 0.2) is 0 Å². The number of anilines is 1. The summed E-state index contributed by atoms with van der Waals surface area (Å²) in [6.07, 6.45) is 5.88. The van der Waals surface area contributed by atoms with Gasteiger partial charge in [-0.05, 0) is 36.7 Å². The van der Waals surface area contributed by atoms with Crippen LogP contribution >= 0.6 is 11.3 Å². The summed E-state index contributed by atoms with van der Waals surface area (Å²) in [6.45, 7) is 6.21. The van der Waals surface area contributed by atoms with Crippen molar-refractivity contribution >= 4 is 28.2 Å². The first-order chi connectivity index (χ1) is 10.4. The first-order valence-corrected chi connectivity index (χ1v) is 8.98. The average molecular weight is 322 g/mol. The Kier molecular flexibility index (Phi) is 5.62. The number of carbonyl (C=O) groups excluding carboxylic acids is 2. The summed E-state index contributed by atoms with van der Waals surface area (Å²) >= 11 is 1.54. The van der Waals surface area contributed by atoms with E-state index in [0.717, 1.165) is 24.8 Å². The third-order valence-electron chi connectivity index (χ3n) is 4.16. The van der Waals surface area contributed by atoms with Gasteiger partial charge in [0.2, 0.25) is 5.91 Å². The van der Waals surface area contributed by atoms with E-state index in [0.29, 0.717) is 28.8 Å². The molecule has 22 heavy (non-hydrogen) atoms. The van der Waals surface area contributed by atoms with Gasteiger partial charge >= 0.3 is 0 Å². The van der Waals surface area contributed by atoms with Crippen LogP contribution in [0.25, 0.3) is 0 Å². The van der Waals surface area contributed by atoms with Crippen molar-refractivity contribution < 1.29 is 9.59 Å². The number of amides is 2. The van der Waals surface area contributed by atoms with E-state index in [4.69, 9.17) is 5.73 Å². The summed E-state index contributed by atoms with van der Waals surface area (Å²) < 4.78 is 0. The van der Waals surface area contributed by atoms with Crippen LogP contribution in [-0.2, 0) is 17.6 Å². The molecule has 122 valence electrons. The van der Waals surface area contributed by atoms with Crippen molar-refractivity contribution in [2.24, 2.45) is 17.6 Å². The first kappa shape index (κ1) is 17.0. The Bertz CT molecular complexity index is 563. The maximum Gasteiger partial charge on any atom is 0.251 e. The van der Waals surface area contributed by atoms with Gasteiger partial charge in [-0.15, -0.1) is 11.3 Å². The van der Waals surface area contributed by atoms with E-state index >= 15 is 0 Å². The lowest BCUT2D eigenvalue weighted by molar-refractivity contribution is -0.116. The normalized spacial score (nSPS) is 17.4. The van der Waals surface area contributed by atoms with E-state index in [9.17, 15) is 9.59 Å². The van der Waals surface area contributed by atoms with E-state index in [1.165, 1.54) is 17.7 Å². The Morgan fingerprint density at radius 1 is 1.41 bits per heavy atom. The van der Waals surface area contributed by atoms with E-state index in [-0.39, 0.29) is 5.91 Å². The van der Waals surface area contributed by atoms with Crippen LogP contribution < -0.4 is 11.1 Å². The van der Waals surface area contributed by atoms with Gasteiger partial charge in [-0.3, -0.25) is 9.59 Å². The number of thiophene rings is 1. The SMILES string of the molecule is CCC[C@@H]1CCc2c(sc(NC(=O)CC(C)C)c2C(N)=O)C1. The van der Waals surface area contributed by atoms with Crippen LogP contribution in [0.4, 0.5) is 5.00 Å². The average Bonchev–Trinajstić information content (AvgIpc) is 2.74. The molecule has 2 amide bonds. The summed E-state index contributed by atoms with van der Waals surface area (Å²) in [7, 11) is 0. The number of hydrogen-bond donors (Lipinski definition) is 2. The fourth-order valence-electron chi connectivity index (χ4n) is 3.21. The molecule has 1 aromatic rings. The molecule has 1 aromatic heterocycles. The third kappa shape index (κ3) is 3.88. The molecule has 0 saturated heterocycles. The van der Waals surface area contributed by atoms with Crippen molar-refractivity contribution in [1.29, 1.82) is 0 Å². The lowest BCUT2D eigenvalue weighted by Gasteiger charge is -2.21. The third-order valence-corrected chi connectivity index (χ3v) is 5.33. The number of nitrogens with two attached hydrogens (primary N) is 1. The quantitative estimate of drug-likeness (QED) is 0.837. The highest BCUT2D eigenvalue weighted by Crippen LogP contribution is 2.40. The summed E-state index contributed by atoms with van der Waals surface area (Å²) in [5, 5.41) is 3.56. The lowest BCUT2D eigenvalue weighted by atomic mass is 9.84. The minimum absolute atomic E-state index is 0.0406. The highest BCUT2D eigenvalue weighted by Gasteiger charge is 2.28. The van der Waals surface area contributed by atoms with Crippen molar-refractivity contribution in [3.63, 3.8) is 0 Å². The molecule has 3 N–H and O–H groups in total. The largest absolute Gasteiger partial charge is 0.365 e. The predicted octanol–water partition coefficient (Wildman–Crippen LogP) is 3.74. The summed E-state index contributed by atoms with van der Waals surface area (Å²) in [6, 6.07) is 0. The molecule has 5 heteroatoms. The molecule has 1 heterocycles. The van der Waals surface area contributed by atoms with Crippen molar-refractivity contribution in [2.75, 3.05) is 5.32 Å². The van der Waals surface area contributed by atoms with Crippen molar-refractivity contribution in [3.8, 4) is 0 Å². The Morgan fingerprint density at radius 2 is 2.14 bits per heavy atom. The molecular formula is C17H26N2O2S.